The maximum absolute atomic E-state index is 6.19. The lowest BCUT2D eigenvalue weighted by Gasteiger charge is -2.07. The third-order valence-electron chi connectivity index (χ3n) is 2.82. The van der Waals surface area contributed by atoms with E-state index < -0.39 is 0 Å². The second-order valence-corrected chi connectivity index (χ2v) is 4.80. The van der Waals surface area contributed by atoms with Crippen molar-refractivity contribution in [3.8, 4) is 11.3 Å². The normalized spacial score (nSPS) is 10.8. The molecule has 0 atom stereocenters. The van der Waals surface area contributed by atoms with Crippen LogP contribution in [0.25, 0.3) is 22.2 Å². The highest BCUT2D eigenvalue weighted by Crippen LogP contribution is 2.34. The molecule has 88 valence electrons. The molecule has 0 aliphatic heterocycles. The Balaban J connectivity index is 2.26. The smallest absolute Gasteiger partial charge is 0.0739 e. The topological polar surface area (TPSA) is 12.9 Å². The Morgan fingerprint density at radius 1 is 0.722 bits per heavy atom. The molecular formula is C15H9Cl2N. The average molecular weight is 274 g/mol. The lowest BCUT2D eigenvalue weighted by atomic mass is 10.1. The SMILES string of the molecule is Clc1cccc(Cl)c1-c1ccc2ccccc2n1. The van der Waals surface area contributed by atoms with Crippen LogP contribution in [-0.4, -0.2) is 4.98 Å². The molecule has 18 heavy (non-hydrogen) atoms. The van der Waals surface area contributed by atoms with Crippen molar-refractivity contribution in [1.29, 1.82) is 0 Å². The maximum atomic E-state index is 6.19. The first-order chi connectivity index (χ1) is 8.75. The van der Waals surface area contributed by atoms with Crippen molar-refractivity contribution < 1.29 is 0 Å². The standard InChI is InChI=1S/C15H9Cl2N/c16-11-5-3-6-12(17)15(11)14-9-8-10-4-1-2-7-13(10)18-14/h1-9H. The molecule has 1 aromatic heterocycles. The van der Waals surface area contributed by atoms with Gasteiger partial charge in [-0.3, -0.25) is 0 Å². The van der Waals surface area contributed by atoms with E-state index in [9.17, 15) is 0 Å². The Morgan fingerprint density at radius 2 is 1.44 bits per heavy atom. The zero-order valence-corrected chi connectivity index (χ0v) is 10.9. The van der Waals surface area contributed by atoms with E-state index in [1.807, 2.05) is 54.6 Å². The summed E-state index contributed by atoms with van der Waals surface area (Å²) in [5, 5.41) is 2.33. The van der Waals surface area contributed by atoms with E-state index in [0.717, 1.165) is 22.2 Å². The van der Waals surface area contributed by atoms with Gasteiger partial charge in [0, 0.05) is 10.9 Å². The lowest BCUT2D eigenvalue weighted by Crippen LogP contribution is -1.87. The first-order valence-electron chi connectivity index (χ1n) is 5.56. The van der Waals surface area contributed by atoms with Crippen molar-refractivity contribution in [3.63, 3.8) is 0 Å². The lowest BCUT2D eigenvalue weighted by molar-refractivity contribution is 1.40. The van der Waals surface area contributed by atoms with Gasteiger partial charge in [0.05, 0.1) is 21.3 Å². The molecule has 0 saturated carbocycles. The summed E-state index contributed by atoms with van der Waals surface area (Å²) in [6, 6.07) is 17.4. The van der Waals surface area contributed by atoms with Gasteiger partial charge >= 0.3 is 0 Å². The highest BCUT2D eigenvalue weighted by molar-refractivity contribution is 6.39. The third kappa shape index (κ3) is 1.96. The molecule has 0 fully saturated rings. The molecular weight excluding hydrogens is 265 g/mol. The van der Waals surface area contributed by atoms with Crippen molar-refractivity contribution >= 4 is 34.1 Å². The Morgan fingerprint density at radius 3 is 2.22 bits per heavy atom. The Labute approximate surface area is 115 Å². The van der Waals surface area contributed by atoms with E-state index in [0.29, 0.717) is 10.0 Å². The highest BCUT2D eigenvalue weighted by Gasteiger charge is 2.09. The van der Waals surface area contributed by atoms with Crippen LogP contribution in [0.5, 0.6) is 0 Å². The number of para-hydroxylation sites is 1. The van der Waals surface area contributed by atoms with E-state index in [1.165, 1.54) is 0 Å². The molecule has 3 rings (SSSR count). The summed E-state index contributed by atoms with van der Waals surface area (Å²) in [6.07, 6.45) is 0. The van der Waals surface area contributed by atoms with Crippen LogP contribution in [0.1, 0.15) is 0 Å². The summed E-state index contributed by atoms with van der Waals surface area (Å²) < 4.78 is 0. The second-order valence-electron chi connectivity index (χ2n) is 3.99. The fourth-order valence-electron chi connectivity index (χ4n) is 1.95. The predicted molar refractivity (Wildman–Crippen MR) is 77.2 cm³/mol. The Hall–Kier alpha value is -1.57. The summed E-state index contributed by atoms with van der Waals surface area (Å²) in [7, 11) is 0. The van der Waals surface area contributed by atoms with E-state index >= 15 is 0 Å². The zero-order valence-electron chi connectivity index (χ0n) is 9.40. The Bertz CT molecular complexity index is 702. The van der Waals surface area contributed by atoms with Crippen LogP contribution in [0.4, 0.5) is 0 Å². The summed E-state index contributed by atoms with van der Waals surface area (Å²) >= 11 is 12.4. The summed E-state index contributed by atoms with van der Waals surface area (Å²) in [4.78, 5) is 4.60. The molecule has 1 nitrogen and oxygen atoms in total. The highest BCUT2D eigenvalue weighted by atomic mass is 35.5. The quantitative estimate of drug-likeness (QED) is 0.593. The minimum absolute atomic E-state index is 0.616. The fraction of sp³-hybridized carbons (Fsp3) is 0. The second kappa shape index (κ2) is 4.60. The molecule has 1 heterocycles. The molecule has 0 saturated heterocycles. The van der Waals surface area contributed by atoms with Gasteiger partial charge in [0.25, 0.3) is 0 Å². The van der Waals surface area contributed by atoms with Crippen LogP contribution >= 0.6 is 23.2 Å². The van der Waals surface area contributed by atoms with Crippen molar-refractivity contribution in [1.82, 2.24) is 4.98 Å². The maximum Gasteiger partial charge on any atom is 0.0739 e. The number of fused-ring (bicyclic) bond motifs is 1. The van der Waals surface area contributed by atoms with Crippen LogP contribution < -0.4 is 0 Å². The van der Waals surface area contributed by atoms with Crippen LogP contribution in [0.15, 0.2) is 54.6 Å². The van der Waals surface area contributed by atoms with Crippen molar-refractivity contribution in [3.05, 3.63) is 64.6 Å². The first kappa shape index (κ1) is 11.5. The molecule has 0 radical (unpaired) electrons. The third-order valence-corrected chi connectivity index (χ3v) is 3.45. The molecule has 2 aromatic carbocycles. The van der Waals surface area contributed by atoms with Crippen LogP contribution in [0, 0.1) is 0 Å². The van der Waals surface area contributed by atoms with Crippen molar-refractivity contribution in [2.75, 3.05) is 0 Å². The summed E-state index contributed by atoms with van der Waals surface area (Å²) in [5.74, 6) is 0. The number of hydrogen-bond donors (Lipinski definition) is 0. The zero-order chi connectivity index (χ0) is 12.5. The van der Waals surface area contributed by atoms with Crippen LogP contribution in [0.3, 0.4) is 0 Å². The number of aromatic nitrogens is 1. The van der Waals surface area contributed by atoms with Gasteiger partial charge in [-0.15, -0.1) is 0 Å². The number of halogens is 2. The molecule has 0 unspecified atom stereocenters. The summed E-state index contributed by atoms with van der Waals surface area (Å²) in [6.45, 7) is 0. The average Bonchev–Trinajstić information content (AvgIpc) is 2.38. The van der Waals surface area contributed by atoms with Gasteiger partial charge in [-0.2, -0.15) is 0 Å². The van der Waals surface area contributed by atoms with Gasteiger partial charge in [0.15, 0.2) is 0 Å². The van der Waals surface area contributed by atoms with Crippen LogP contribution in [0.2, 0.25) is 10.0 Å². The van der Waals surface area contributed by atoms with Gasteiger partial charge in [-0.1, -0.05) is 53.5 Å². The number of rotatable bonds is 1. The number of pyridine rings is 1. The van der Waals surface area contributed by atoms with E-state index in [1.54, 1.807) is 0 Å². The first-order valence-corrected chi connectivity index (χ1v) is 6.31. The Kier molecular flexibility index (Phi) is 2.94. The largest absolute Gasteiger partial charge is 0.248 e. The van der Waals surface area contributed by atoms with E-state index in [-0.39, 0.29) is 0 Å². The number of hydrogen-bond acceptors (Lipinski definition) is 1. The van der Waals surface area contributed by atoms with Gasteiger partial charge in [0.1, 0.15) is 0 Å². The fourth-order valence-corrected chi connectivity index (χ4v) is 2.54. The molecule has 0 aliphatic rings. The molecule has 0 spiro atoms. The van der Waals surface area contributed by atoms with Gasteiger partial charge in [-0.05, 0) is 24.3 Å². The van der Waals surface area contributed by atoms with Gasteiger partial charge in [-0.25, -0.2) is 4.98 Å². The molecule has 3 heteroatoms. The molecule has 0 N–H and O–H groups in total. The van der Waals surface area contributed by atoms with Gasteiger partial charge in [0.2, 0.25) is 0 Å². The van der Waals surface area contributed by atoms with Crippen molar-refractivity contribution in [2.24, 2.45) is 0 Å². The molecule has 3 aromatic rings. The van der Waals surface area contributed by atoms with E-state index in [2.05, 4.69) is 4.98 Å². The molecule has 0 bridgehead atoms. The molecule has 0 aliphatic carbocycles. The van der Waals surface area contributed by atoms with Crippen LogP contribution in [-0.2, 0) is 0 Å². The van der Waals surface area contributed by atoms with Crippen molar-refractivity contribution in [2.45, 2.75) is 0 Å². The number of nitrogens with zero attached hydrogens (tertiary/aromatic N) is 1. The summed E-state index contributed by atoms with van der Waals surface area (Å²) in [5.41, 5.74) is 2.52. The predicted octanol–water partition coefficient (Wildman–Crippen LogP) is 5.21. The minimum Gasteiger partial charge on any atom is -0.248 e. The molecule has 0 amide bonds. The van der Waals surface area contributed by atoms with Gasteiger partial charge < -0.3 is 0 Å². The van der Waals surface area contributed by atoms with E-state index in [4.69, 9.17) is 23.2 Å². The minimum atomic E-state index is 0.616. The number of benzene rings is 2. The monoisotopic (exact) mass is 273 g/mol.